The summed E-state index contributed by atoms with van der Waals surface area (Å²) in [4.78, 5) is 10.7. The number of aryl methyl sites for hydroxylation is 1. The van der Waals surface area contributed by atoms with Crippen LogP contribution in [-0.2, 0) is 0 Å². The fourth-order valence-corrected chi connectivity index (χ4v) is 2.05. The molecule has 3 aromatic rings. The number of nitrogens with two attached hydrogens (primary N) is 1. The normalized spacial score (nSPS) is 10.8. The van der Waals surface area contributed by atoms with Crippen molar-refractivity contribution in [3.8, 4) is 0 Å². The standard InChI is InChI=1S/C14H15N5/c1-10-3-5-11(6-4-10)18(2)14-13-16-7-8-19(13)9-12(15)17-14/h3-9H,15H2,1-2H3. The van der Waals surface area contributed by atoms with Crippen LogP contribution in [0.4, 0.5) is 17.3 Å². The molecule has 0 unspecified atom stereocenters. The van der Waals surface area contributed by atoms with Crippen molar-refractivity contribution < 1.29 is 0 Å². The van der Waals surface area contributed by atoms with Crippen LogP contribution >= 0.6 is 0 Å². The Balaban J connectivity index is 2.12. The van der Waals surface area contributed by atoms with Gasteiger partial charge in [0.2, 0.25) is 0 Å². The van der Waals surface area contributed by atoms with Gasteiger partial charge in [-0.05, 0) is 19.1 Å². The van der Waals surface area contributed by atoms with Gasteiger partial charge in [-0.1, -0.05) is 17.7 Å². The van der Waals surface area contributed by atoms with Gasteiger partial charge in [0.15, 0.2) is 11.5 Å². The molecule has 2 N–H and O–H groups in total. The van der Waals surface area contributed by atoms with E-state index >= 15 is 0 Å². The second kappa shape index (κ2) is 4.28. The highest BCUT2D eigenvalue weighted by molar-refractivity contribution is 5.73. The van der Waals surface area contributed by atoms with Crippen molar-refractivity contribution in [1.29, 1.82) is 0 Å². The number of hydrogen-bond donors (Lipinski definition) is 1. The minimum absolute atomic E-state index is 0.472. The van der Waals surface area contributed by atoms with E-state index in [-0.39, 0.29) is 0 Å². The highest BCUT2D eigenvalue weighted by Gasteiger charge is 2.12. The minimum atomic E-state index is 0.472. The molecule has 96 valence electrons. The molecule has 1 aromatic carbocycles. The van der Waals surface area contributed by atoms with Crippen LogP contribution in [-0.4, -0.2) is 21.4 Å². The fourth-order valence-electron chi connectivity index (χ4n) is 2.05. The van der Waals surface area contributed by atoms with Crippen molar-refractivity contribution in [2.24, 2.45) is 0 Å². The zero-order chi connectivity index (χ0) is 13.4. The molecule has 3 rings (SSSR count). The average molecular weight is 253 g/mol. The molecule has 5 nitrogen and oxygen atoms in total. The van der Waals surface area contributed by atoms with E-state index in [1.807, 2.05) is 22.5 Å². The summed E-state index contributed by atoms with van der Waals surface area (Å²) < 4.78 is 1.88. The third-order valence-corrected chi connectivity index (χ3v) is 3.11. The summed E-state index contributed by atoms with van der Waals surface area (Å²) in [5.41, 5.74) is 8.90. The number of nitrogen functional groups attached to an aromatic ring is 1. The van der Waals surface area contributed by atoms with Gasteiger partial charge in [0, 0.05) is 25.1 Å². The predicted molar refractivity (Wildman–Crippen MR) is 76.6 cm³/mol. The Morgan fingerprint density at radius 2 is 1.95 bits per heavy atom. The van der Waals surface area contributed by atoms with Crippen molar-refractivity contribution in [2.45, 2.75) is 6.92 Å². The summed E-state index contributed by atoms with van der Waals surface area (Å²) in [5.74, 6) is 1.22. The van der Waals surface area contributed by atoms with E-state index in [2.05, 4.69) is 41.2 Å². The van der Waals surface area contributed by atoms with Gasteiger partial charge in [-0.3, -0.25) is 0 Å². The quantitative estimate of drug-likeness (QED) is 0.761. The van der Waals surface area contributed by atoms with Gasteiger partial charge in [0.25, 0.3) is 0 Å². The molecule has 0 amide bonds. The van der Waals surface area contributed by atoms with Crippen molar-refractivity contribution >= 4 is 23.0 Å². The summed E-state index contributed by atoms with van der Waals surface area (Å²) in [7, 11) is 1.96. The largest absolute Gasteiger partial charge is 0.382 e. The monoisotopic (exact) mass is 253 g/mol. The predicted octanol–water partition coefficient (Wildman–Crippen LogP) is 2.39. The minimum Gasteiger partial charge on any atom is -0.382 e. The molecule has 0 radical (unpaired) electrons. The van der Waals surface area contributed by atoms with E-state index in [4.69, 9.17) is 5.73 Å². The number of anilines is 3. The zero-order valence-electron chi connectivity index (χ0n) is 10.9. The fraction of sp³-hybridized carbons (Fsp3) is 0.143. The number of fused-ring (bicyclic) bond motifs is 1. The Hall–Kier alpha value is -2.56. The van der Waals surface area contributed by atoms with Gasteiger partial charge in [0.1, 0.15) is 5.82 Å². The average Bonchev–Trinajstić information content (AvgIpc) is 2.85. The van der Waals surface area contributed by atoms with E-state index in [1.165, 1.54) is 5.56 Å². The van der Waals surface area contributed by atoms with Gasteiger partial charge in [0.05, 0.1) is 6.20 Å². The Morgan fingerprint density at radius 3 is 2.68 bits per heavy atom. The first kappa shape index (κ1) is 11.5. The molecular weight excluding hydrogens is 238 g/mol. The summed E-state index contributed by atoms with van der Waals surface area (Å²) in [6, 6.07) is 8.25. The highest BCUT2D eigenvalue weighted by atomic mass is 15.2. The van der Waals surface area contributed by atoms with Gasteiger partial charge in [-0.15, -0.1) is 0 Å². The number of rotatable bonds is 2. The summed E-state index contributed by atoms with van der Waals surface area (Å²) in [6.45, 7) is 2.06. The number of imidazole rings is 1. The maximum Gasteiger partial charge on any atom is 0.180 e. The maximum atomic E-state index is 5.84. The molecule has 0 atom stereocenters. The van der Waals surface area contributed by atoms with Crippen LogP contribution in [0, 0.1) is 6.92 Å². The van der Waals surface area contributed by atoms with E-state index in [9.17, 15) is 0 Å². The second-order valence-electron chi connectivity index (χ2n) is 4.54. The third-order valence-electron chi connectivity index (χ3n) is 3.11. The SMILES string of the molecule is Cc1ccc(N(C)c2nc(N)cn3ccnc23)cc1. The Bertz CT molecular complexity index is 714. The van der Waals surface area contributed by atoms with Crippen LogP contribution in [0.15, 0.2) is 42.9 Å². The lowest BCUT2D eigenvalue weighted by Crippen LogP contribution is -2.14. The summed E-state index contributed by atoms with van der Waals surface area (Å²) in [6.07, 6.45) is 5.36. The molecule has 0 saturated heterocycles. The lowest BCUT2D eigenvalue weighted by molar-refractivity contribution is 1.07. The molecule has 5 heteroatoms. The first-order valence-corrected chi connectivity index (χ1v) is 6.05. The molecule has 0 saturated carbocycles. The summed E-state index contributed by atoms with van der Waals surface area (Å²) in [5, 5.41) is 0. The molecule has 19 heavy (non-hydrogen) atoms. The smallest absolute Gasteiger partial charge is 0.180 e. The molecular formula is C14H15N5. The van der Waals surface area contributed by atoms with Gasteiger partial charge in [-0.25, -0.2) is 9.97 Å². The van der Waals surface area contributed by atoms with Crippen LogP contribution in [0.1, 0.15) is 5.56 Å². The Kier molecular flexibility index (Phi) is 2.59. The number of hydrogen-bond acceptors (Lipinski definition) is 4. The van der Waals surface area contributed by atoms with Crippen LogP contribution in [0.25, 0.3) is 5.65 Å². The summed E-state index contributed by atoms with van der Waals surface area (Å²) >= 11 is 0. The van der Waals surface area contributed by atoms with Crippen LogP contribution in [0.2, 0.25) is 0 Å². The highest BCUT2D eigenvalue weighted by Crippen LogP contribution is 2.26. The zero-order valence-corrected chi connectivity index (χ0v) is 10.9. The van der Waals surface area contributed by atoms with E-state index in [0.717, 1.165) is 17.2 Å². The van der Waals surface area contributed by atoms with Gasteiger partial charge >= 0.3 is 0 Å². The molecule has 0 fully saturated rings. The van der Waals surface area contributed by atoms with Crippen LogP contribution < -0.4 is 10.6 Å². The Labute approximate surface area is 111 Å². The van der Waals surface area contributed by atoms with Gasteiger partial charge < -0.3 is 15.0 Å². The molecule has 0 aliphatic carbocycles. The molecule has 2 heterocycles. The molecule has 0 aliphatic heterocycles. The topological polar surface area (TPSA) is 59.5 Å². The number of aromatic nitrogens is 3. The van der Waals surface area contributed by atoms with Crippen molar-refractivity contribution in [1.82, 2.24) is 14.4 Å². The van der Waals surface area contributed by atoms with Gasteiger partial charge in [-0.2, -0.15) is 0 Å². The van der Waals surface area contributed by atoms with E-state index in [1.54, 1.807) is 12.4 Å². The van der Waals surface area contributed by atoms with E-state index < -0.39 is 0 Å². The molecule has 0 spiro atoms. The van der Waals surface area contributed by atoms with Crippen molar-refractivity contribution in [3.63, 3.8) is 0 Å². The molecule has 2 aromatic heterocycles. The number of benzene rings is 1. The lowest BCUT2D eigenvalue weighted by Gasteiger charge is -2.19. The lowest BCUT2D eigenvalue weighted by atomic mass is 10.2. The second-order valence-corrected chi connectivity index (χ2v) is 4.54. The first-order valence-electron chi connectivity index (χ1n) is 6.05. The number of nitrogens with zero attached hydrogens (tertiary/aromatic N) is 4. The Morgan fingerprint density at radius 1 is 1.21 bits per heavy atom. The first-order chi connectivity index (χ1) is 9.15. The van der Waals surface area contributed by atoms with Crippen LogP contribution in [0.3, 0.4) is 0 Å². The molecule has 0 bridgehead atoms. The van der Waals surface area contributed by atoms with Crippen molar-refractivity contribution in [3.05, 3.63) is 48.4 Å². The van der Waals surface area contributed by atoms with Crippen molar-refractivity contribution in [2.75, 3.05) is 17.7 Å². The van der Waals surface area contributed by atoms with Crippen LogP contribution in [0.5, 0.6) is 0 Å². The van der Waals surface area contributed by atoms with E-state index in [0.29, 0.717) is 5.82 Å². The maximum absolute atomic E-state index is 5.84. The molecule has 0 aliphatic rings. The third kappa shape index (κ3) is 1.99.